The Morgan fingerprint density at radius 2 is 2.15 bits per heavy atom. The fourth-order valence-electron chi connectivity index (χ4n) is 1.83. The molecular weight excluding hydrogens is 254 g/mol. The van der Waals surface area contributed by atoms with E-state index in [-0.39, 0.29) is 5.75 Å². The molecule has 0 fully saturated rings. The summed E-state index contributed by atoms with van der Waals surface area (Å²) in [6, 6.07) is 5.21. The van der Waals surface area contributed by atoms with Crippen LogP contribution in [0.2, 0.25) is 0 Å². The number of rotatable bonds is 8. The van der Waals surface area contributed by atoms with Crippen molar-refractivity contribution in [1.29, 1.82) is 0 Å². The zero-order valence-corrected chi connectivity index (χ0v) is 12.4. The van der Waals surface area contributed by atoms with Gasteiger partial charge in [-0.05, 0) is 24.1 Å². The lowest BCUT2D eigenvalue weighted by Crippen LogP contribution is -2.32. The van der Waals surface area contributed by atoms with Gasteiger partial charge in [-0.15, -0.1) is 0 Å². The Bertz CT molecular complexity index is 433. The van der Waals surface area contributed by atoms with E-state index in [0.717, 1.165) is 18.5 Å². The molecule has 4 N–H and O–H groups in total. The molecule has 5 heteroatoms. The van der Waals surface area contributed by atoms with Gasteiger partial charge in [-0.2, -0.15) is 0 Å². The third kappa shape index (κ3) is 5.82. The van der Waals surface area contributed by atoms with Crippen molar-refractivity contribution in [2.75, 3.05) is 13.7 Å². The zero-order chi connectivity index (χ0) is 14.8. The Balaban J connectivity index is 2.36. The van der Waals surface area contributed by atoms with Gasteiger partial charge < -0.3 is 20.9 Å². The van der Waals surface area contributed by atoms with Gasteiger partial charge in [-0.1, -0.05) is 32.3 Å². The minimum atomic E-state index is 0.117. The second kappa shape index (κ2) is 9.07. The van der Waals surface area contributed by atoms with Crippen molar-refractivity contribution in [2.24, 2.45) is 10.7 Å². The number of phenols is 1. The first-order chi connectivity index (χ1) is 9.67. The Morgan fingerprint density at radius 1 is 1.35 bits per heavy atom. The van der Waals surface area contributed by atoms with E-state index in [1.807, 2.05) is 6.07 Å². The van der Waals surface area contributed by atoms with E-state index >= 15 is 0 Å². The molecule has 5 nitrogen and oxygen atoms in total. The number of methoxy groups -OCH3 is 1. The molecule has 0 aliphatic rings. The van der Waals surface area contributed by atoms with Gasteiger partial charge in [0.05, 0.1) is 13.7 Å². The highest BCUT2D eigenvalue weighted by atomic mass is 16.5. The normalized spacial score (nSPS) is 11.4. The predicted molar refractivity (Wildman–Crippen MR) is 82.1 cm³/mol. The van der Waals surface area contributed by atoms with Crippen LogP contribution in [0.15, 0.2) is 23.2 Å². The van der Waals surface area contributed by atoms with E-state index in [1.54, 1.807) is 12.1 Å². The lowest BCUT2D eigenvalue weighted by molar-refractivity contribution is 0.373. The van der Waals surface area contributed by atoms with Gasteiger partial charge in [0.1, 0.15) is 0 Å². The summed E-state index contributed by atoms with van der Waals surface area (Å²) in [5.74, 6) is 1.02. The number of hydrogen-bond acceptors (Lipinski definition) is 3. The lowest BCUT2D eigenvalue weighted by Gasteiger charge is -2.07. The molecule has 0 aromatic heterocycles. The lowest BCUT2D eigenvalue weighted by atomic mass is 10.2. The minimum Gasteiger partial charge on any atom is -0.504 e. The average molecular weight is 279 g/mol. The van der Waals surface area contributed by atoms with Crippen molar-refractivity contribution < 1.29 is 9.84 Å². The summed E-state index contributed by atoms with van der Waals surface area (Å²) in [5.41, 5.74) is 6.67. The summed E-state index contributed by atoms with van der Waals surface area (Å²) in [6.45, 7) is 3.47. The molecule has 0 atom stereocenters. The summed E-state index contributed by atoms with van der Waals surface area (Å²) < 4.78 is 4.99. The molecule has 0 saturated heterocycles. The van der Waals surface area contributed by atoms with Crippen LogP contribution >= 0.6 is 0 Å². The molecule has 1 aromatic rings. The van der Waals surface area contributed by atoms with Crippen LogP contribution in [-0.4, -0.2) is 24.7 Å². The number of hydrogen-bond donors (Lipinski definition) is 3. The topological polar surface area (TPSA) is 79.9 Å². The molecule has 0 aliphatic heterocycles. The Kier molecular flexibility index (Phi) is 7.32. The Morgan fingerprint density at radius 3 is 2.80 bits per heavy atom. The second-order valence-electron chi connectivity index (χ2n) is 4.70. The summed E-state index contributed by atoms with van der Waals surface area (Å²) in [4.78, 5) is 4.24. The van der Waals surface area contributed by atoms with Crippen molar-refractivity contribution in [3.63, 3.8) is 0 Å². The van der Waals surface area contributed by atoms with E-state index in [2.05, 4.69) is 17.2 Å². The standard InChI is InChI=1S/C15H25N3O2/c1-3-4-5-6-9-17-15(16)18-11-12-7-8-14(20-2)13(19)10-12/h7-8,10,19H,3-6,9,11H2,1-2H3,(H3,16,17,18). The highest BCUT2D eigenvalue weighted by Gasteiger charge is 2.02. The smallest absolute Gasteiger partial charge is 0.188 e. The molecule has 112 valence electrons. The van der Waals surface area contributed by atoms with Crippen molar-refractivity contribution >= 4 is 5.96 Å². The van der Waals surface area contributed by atoms with Crippen LogP contribution in [0, 0.1) is 0 Å². The number of nitrogens with zero attached hydrogens (tertiary/aromatic N) is 1. The van der Waals surface area contributed by atoms with Crippen LogP contribution in [0.4, 0.5) is 0 Å². The second-order valence-corrected chi connectivity index (χ2v) is 4.70. The maximum Gasteiger partial charge on any atom is 0.188 e. The van der Waals surface area contributed by atoms with Crippen LogP contribution in [-0.2, 0) is 6.54 Å². The molecule has 0 amide bonds. The SMILES string of the molecule is CCCCCCNC(N)=NCc1ccc(OC)c(O)c1. The van der Waals surface area contributed by atoms with Crippen molar-refractivity contribution in [1.82, 2.24) is 5.32 Å². The van der Waals surface area contributed by atoms with E-state index in [0.29, 0.717) is 18.3 Å². The molecule has 0 heterocycles. The number of benzene rings is 1. The predicted octanol–water partition coefficient (Wildman–Crippen LogP) is 2.39. The molecule has 1 rings (SSSR count). The maximum absolute atomic E-state index is 9.66. The monoisotopic (exact) mass is 279 g/mol. The van der Waals surface area contributed by atoms with Crippen LogP contribution in [0.5, 0.6) is 11.5 Å². The van der Waals surface area contributed by atoms with Gasteiger partial charge >= 0.3 is 0 Å². The number of nitrogens with one attached hydrogen (secondary N) is 1. The Hall–Kier alpha value is -1.91. The average Bonchev–Trinajstić information content (AvgIpc) is 2.45. The van der Waals surface area contributed by atoms with Gasteiger partial charge in [0, 0.05) is 6.54 Å². The summed E-state index contributed by atoms with van der Waals surface area (Å²) in [5, 5.41) is 12.7. The first-order valence-corrected chi connectivity index (χ1v) is 7.07. The molecule has 0 aliphatic carbocycles. The molecule has 0 spiro atoms. The van der Waals surface area contributed by atoms with Crippen molar-refractivity contribution in [2.45, 2.75) is 39.2 Å². The number of unbranched alkanes of at least 4 members (excludes halogenated alkanes) is 3. The third-order valence-corrected chi connectivity index (χ3v) is 3.01. The number of aliphatic imine (C=N–C) groups is 1. The van der Waals surface area contributed by atoms with E-state index in [9.17, 15) is 5.11 Å². The third-order valence-electron chi connectivity index (χ3n) is 3.01. The molecular formula is C15H25N3O2. The highest BCUT2D eigenvalue weighted by Crippen LogP contribution is 2.26. The van der Waals surface area contributed by atoms with E-state index in [4.69, 9.17) is 10.5 Å². The summed E-state index contributed by atoms with van der Waals surface area (Å²) >= 11 is 0. The van der Waals surface area contributed by atoms with Gasteiger partial charge in [-0.25, -0.2) is 4.99 Å². The zero-order valence-electron chi connectivity index (χ0n) is 12.4. The van der Waals surface area contributed by atoms with Gasteiger partial charge in [-0.3, -0.25) is 0 Å². The van der Waals surface area contributed by atoms with Crippen LogP contribution in [0.3, 0.4) is 0 Å². The number of guanidine groups is 1. The van der Waals surface area contributed by atoms with Crippen LogP contribution < -0.4 is 15.8 Å². The van der Waals surface area contributed by atoms with Gasteiger partial charge in [0.15, 0.2) is 17.5 Å². The minimum absolute atomic E-state index is 0.117. The van der Waals surface area contributed by atoms with Crippen LogP contribution in [0.1, 0.15) is 38.2 Å². The molecule has 0 radical (unpaired) electrons. The quantitative estimate of drug-likeness (QED) is 0.388. The fourth-order valence-corrected chi connectivity index (χ4v) is 1.83. The van der Waals surface area contributed by atoms with Gasteiger partial charge in [0.25, 0.3) is 0 Å². The number of nitrogens with two attached hydrogens (primary N) is 1. The van der Waals surface area contributed by atoms with Crippen molar-refractivity contribution in [3.05, 3.63) is 23.8 Å². The molecule has 0 bridgehead atoms. The highest BCUT2D eigenvalue weighted by molar-refractivity contribution is 5.77. The van der Waals surface area contributed by atoms with E-state index < -0.39 is 0 Å². The largest absolute Gasteiger partial charge is 0.504 e. The fraction of sp³-hybridized carbons (Fsp3) is 0.533. The van der Waals surface area contributed by atoms with E-state index in [1.165, 1.54) is 26.4 Å². The first-order valence-electron chi connectivity index (χ1n) is 7.07. The van der Waals surface area contributed by atoms with Gasteiger partial charge in [0.2, 0.25) is 0 Å². The summed E-state index contributed by atoms with van der Waals surface area (Å²) in [6.07, 6.45) is 4.80. The molecule has 0 saturated carbocycles. The van der Waals surface area contributed by atoms with Crippen LogP contribution in [0.25, 0.3) is 0 Å². The van der Waals surface area contributed by atoms with Crippen molar-refractivity contribution in [3.8, 4) is 11.5 Å². The Labute approximate surface area is 120 Å². The number of ether oxygens (including phenoxy) is 1. The first kappa shape index (κ1) is 16.1. The molecule has 20 heavy (non-hydrogen) atoms. The maximum atomic E-state index is 9.66. The number of aromatic hydroxyl groups is 1. The summed E-state index contributed by atoms with van der Waals surface area (Å²) in [7, 11) is 1.52. The molecule has 0 unspecified atom stereocenters. The number of phenolic OH excluding ortho intramolecular Hbond substituents is 1. The molecule has 1 aromatic carbocycles.